The Hall–Kier alpha value is -1.05. The molecule has 1 unspecified atom stereocenters. The van der Waals surface area contributed by atoms with Crippen LogP contribution in [0.25, 0.3) is 0 Å². The number of nitriles is 1. The smallest absolute Gasteiger partial charge is 0.0992 e. The molecule has 0 spiro atoms. The highest BCUT2D eigenvalue weighted by atomic mass is 79.9. The molecule has 1 aromatic carbocycles. The van der Waals surface area contributed by atoms with Crippen LogP contribution in [0.5, 0.6) is 0 Å². The van der Waals surface area contributed by atoms with Crippen molar-refractivity contribution in [2.24, 2.45) is 5.92 Å². The van der Waals surface area contributed by atoms with E-state index in [9.17, 15) is 0 Å². The van der Waals surface area contributed by atoms with Crippen LogP contribution in [0.4, 0.5) is 5.69 Å². The second kappa shape index (κ2) is 7.52. The lowest BCUT2D eigenvalue weighted by Crippen LogP contribution is -2.33. The molecule has 0 fully saturated rings. The first-order chi connectivity index (χ1) is 8.90. The van der Waals surface area contributed by atoms with Gasteiger partial charge in [0.15, 0.2) is 0 Å². The van der Waals surface area contributed by atoms with E-state index < -0.39 is 0 Å². The molecule has 0 aliphatic carbocycles. The van der Waals surface area contributed by atoms with E-state index in [0.717, 1.165) is 23.1 Å². The third-order valence-corrected chi connectivity index (χ3v) is 3.20. The van der Waals surface area contributed by atoms with Crippen LogP contribution in [-0.2, 0) is 0 Å². The zero-order chi connectivity index (χ0) is 14.4. The summed E-state index contributed by atoms with van der Waals surface area (Å²) in [6.45, 7) is 5.44. The number of nitrogens with one attached hydrogen (secondary N) is 1. The van der Waals surface area contributed by atoms with Crippen molar-refractivity contribution < 1.29 is 0 Å². The summed E-state index contributed by atoms with van der Waals surface area (Å²) < 4.78 is 0.933. The molecule has 0 aromatic heterocycles. The third-order valence-electron chi connectivity index (χ3n) is 2.74. The lowest BCUT2D eigenvalue weighted by molar-refractivity contribution is 0.356. The van der Waals surface area contributed by atoms with Crippen LogP contribution < -0.4 is 5.32 Å². The number of anilines is 1. The summed E-state index contributed by atoms with van der Waals surface area (Å²) >= 11 is 3.44. The summed E-state index contributed by atoms with van der Waals surface area (Å²) in [5, 5.41) is 12.5. The number of halogens is 1. The number of rotatable bonds is 6. The average molecular weight is 324 g/mol. The van der Waals surface area contributed by atoms with Crippen molar-refractivity contribution in [1.29, 1.82) is 5.26 Å². The van der Waals surface area contributed by atoms with E-state index >= 15 is 0 Å². The van der Waals surface area contributed by atoms with Crippen LogP contribution >= 0.6 is 15.9 Å². The SMILES string of the molecule is CC(C)CC(CN(C)C)Nc1cc(Br)cc(C#N)c1. The summed E-state index contributed by atoms with van der Waals surface area (Å²) in [4.78, 5) is 2.18. The van der Waals surface area contributed by atoms with Crippen molar-refractivity contribution in [1.82, 2.24) is 4.90 Å². The highest BCUT2D eigenvalue weighted by Gasteiger charge is 2.12. The van der Waals surface area contributed by atoms with Gasteiger partial charge in [-0.3, -0.25) is 0 Å². The molecular weight excluding hydrogens is 302 g/mol. The summed E-state index contributed by atoms with van der Waals surface area (Å²) in [6, 6.07) is 8.31. The summed E-state index contributed by atoms with van der Waals surface area (Å²) in [5.41, 5.74) is 1.67. The molecule has 104 valence electrons. The molecule has 0 saturated heterocycles. The molecule has 0 heterocycles. The van der Waals surface area contributed by atoms with E-state index in [2.05, 4.69) is 60.2 Å². The van der Waals surface area contributed by atoms with E-state index in [1.807, 2.05) is 18.2 Å². The molecule has 0 bridgehead atoms. The van der Waals surface area contributed by atoms with Gasteiger partial charge in [-0.2, -0.15) is 5.26 Å². The fraction of sp³-hybridized carbons (Fsp3) is 0.533. The van der Waals surface area contributed by atoms with Gasteiger partial charge in [-0.15, -0.1) is 0 Å². The van der Waals surface area contributed by atoms with Crippen molar-refractivity contribution in [3.63, 3.8) is 0 Å². The van der Waals surface area contributed by atoms with Gasteiger partial charge < -0.3 is 10.2 Å². The van der Waals surface area contributed by atoms with Gasteiger partial charge >= 0.3 is 0 Å². The fourth-order valence-corrected chi connectivity index (χ4v) is 2.66. The first-order valence-corrected chi connectivity index (χ1v) is 7.32. The standard InChI is InChI=1S/C15H22BrN3/c1-11(2)5-15(10-19(3)4)18-14-7-12(9-17)6-13(16)8-14/h6-8,11,15,18H,5,10H2,1-4H3. The van der Waals surface area contributed by atoms with Crippen molar-refractivity contribution in [3.8, 4) is 6.07 Å². The minimum atomic E-state index is 0.385. The van der Waals surface area contributed by atoms with Gasteiger partial charge in [-0.05, 0) is 44.6 Å². The number of hydrogen-bond acceptors (Lipinski definition) is 3. The molecule has 0 amide bonds. The normalized spacial score (nSPS) is 12.5. The van der Waals surface area contributed by atoms with E-state index in [4.69, 9.17) is 5.26 Å². The maximum atomic E-state index is 9.00. The van der Waals surface area contributed by atoms with Crippen LogP contribution in [0.15, 0.2) is 22.7 Å². The molecule has 0 saturated carbocycles. The second-order valence-corrected chi connectivity index (χ2v) is 6.49. The molecule has 1 aromatic rings. The predicted molar refractivity (Wildman–Crippen MR) is 84.3 cm³/mol. The van der Waals surface area contributed by atoms with Gasteiger partial charge in [-0.25, -0.2) is 0 Å². The fourth-order valence-electron chi connectivity index (χ4n) is 2.16. The molecule has 4 heteroatoms. The van der Waals surface area contributed by atoms with Crippen molar-refractivity contribution in [2.75, 3.05) is 26.0 Å². The lowest BCUT2D eigenvalue weighted by atomic mass is 10.0. The molecule has 0 aliphatic rings. The Bertz CT molecular complexity index is 439. The Labute approximate surface area is 124 Å². The molecule has 19 heavy (non-hydrogen) atoms. The van der Waals surface area contributed by atoms with Crippen molar-refractivity contribution >= 4 is 21.6 Å². The lowest BCUT2D eigenvalue weighted by Gasteiger charge is -2.25. The van der Waals surface area contributed by atoms with Gasteiger partial charge in [0, 0.05) is 22.7 Å². The minimum absolute atomic E-state index is 0.385. The highest BCUT2D eigenvalue weighted by Crippen LogP contribution is 2.21. The van der Waals surface area contributed by atoms with Crippen LogP contribution in [0.1, 0.15) is 25.8 Å². The number of likely N-dealkylation sites (N-methyl/N-ethyl adjacent to an activating group) is 1. The number of hydrogen-bond donors (Lipinski definition) is 1. The summed E-state index contributed by atoms with van der Waals surface area (Å²) in [5.74, 6) is 0.639. The monoisotopic (exact) mass is 323 g/mol. The Morgan fingerprint density at radius 1 is 1.32 bits per heavy atom. The van der Waals surface area contributed by atoms with E-state index in [1.165, 1.54) is 0 Å². The van der Waals surface area contributed by atoms with Crippen LogP contribution in [-0.4, -0.2) is 31.6 Å². The van der Waals surface area contributed by atoms with Gasteiger partial charge in [0.2, 0.25) is 0 Å². The maximum absolute atomic E-state index is 9.00. The minimum Gasteiger partial charge on any atom is -0.381 e. The third kappa shape index (κ3) is 6.09. The largest absolute Gasteiger partial charge is 0.381 e. The summed E-state index contributed by atoms with van der Waals surface area (Å²) in [7, 11) is 4.16. The molecule has 1 rings (SSSR count). The summed E-state index contributed by atoms with van der Waals surface area (Å²) in [6.07, 6.45) is 1.10. The van der Waals surface area contributed by atoms with E-state index in [0.29, 0.717) is 17.5 Å². The maximum Gasteiger partial charge on any atom is 0.0992 e. The molecular formula is C15H22BrN3. The van der Waals surface area contributed by atoms with Gasteiger partial charge in [0.05, 0.1) is 11.6 Å². The number of benzene rings is 1. The second-order valence-electron chi connectivity index (χ2n) is 5.57. The zero-order valence-corrected chi connectivity index (χ0v) is 13.7. The van der Waals surface area contributed by atoms with E-state index in [-0.39, 0.29) is 0 Å². The highest BCUT2D eigenvalue weighted by molar-refractivity contribution is 9.10. The molecule has 0 aliphatic heterocycles. The van der Waals surface area contributed by atoms with Crippen molar-refractivity contribution in [3.05, 3.63) is 28.2 Å². The quantitative estimate of drug-likeness (QED) is 0.867. The Balaban J connectivity index is 2.83. The van der Waals surface area contributed by atoms with Crippen molar-refractivity contribution in [2.45, 2.75) is 26.3 Å². The Kier molecular flexibility index (Phi) is 6.33. The van der Waals surface area contributed by atoms with Gasteiger partial charge in [0.1, 0.15) is 0 Å². The predicted octanol–water partition coefficient (Wildman–Crippen LogP) is 3.71. The molecule has 0 radical (unpaired) electrons. The average Bonchev–Trinajstić information content (AvgIpc) is 2.26. The Morgan fingerprint density at radius 2 is 2.00 bits per heavy atom. The number of nitrogens with zero attached hydrogens (tertiary/aromatic N) is 2. The van der Waals surface area contributed by atoms with Crippen LogP contribution in [0, 0.1) is 17.2 Å². The first kappa shape index (κ1) is 16.0. The molecule has 1 atom stereocenters. The van der Waals surface area contributed by atoms with Gasteiger partial charge in [-0.1, -0.05) is 29.8 Å². The van der Waals surface area contributed by atoms with Gasteiger partial charge in [0.25, 0.3) is 0 Å². The molecule has 1 N–H and O–H groups in total. The van der Waals surface area contributed by atoms with Crippen LogP contribution in [0.2, 0.25) is 0 Å². The van der Waals surface area contributed by atoms with E-state index in [1.54, 1.807) is 0 Å². The van der Waals surface area contributed by atoms with Crippen LogP contribution in [0.3, 0.4) is 0 Å². The Morgan fingerprint density at radius 3 is 2.53 bits per heavy atom. The topological polar surface area (TPSA) is 39.1 Å². The molecule has 3 nitrogen and oxygen atoms in total. The zero-order valence-electron chi connectivity index (χ0n) is 12.1. The first-order valence-electron chi connectivity index (χ1n) is 6.52.